The lowest BCUT2D eigenvalue weighted by atomic mass is 10.1. The Labute approximate surface area is 94.6 Å². The lowest BCUT2D eigenvalue weighted by Gasteiger charge is -2.06. The van der Waals surface area contributed by atoms with Crippen LogP contribution >= 0.6 is 15.9 Å². The first-order valence-corrected chi connectivity index (χ1v) is 5.31. The molecule has 80 valence electrons. The molecule has 1 saturated heterocycles. The van der Waals surface area contributed by atoms with Crippen molar-refractivity contribution in [3.8, 4) is 0 Å². The summed E-state index contributed by atoms with van der Waals surface area (Å²) in [5.41, 5.74) is 0.00639. The van der Waals surface area contributed by atoms with Crippen molar-refractivity contribution in [1.82, 2.24) is 9.97 Å². The van der Waals surface area contributed by atoms with E-state index in [9.17, 15) is 4.79 Å². The van der Waals surface area contributed by atoms with Gasteiger partial charge in [-0.05, 0) is 22.4 Å². The molecular formula is C9H9BrN2O3. The van der Waals surface area contributed by atoms with E-state index >= 15 is 0 Å². The standard InChI is InChI=1S/C9H9BrN2O3/c10-6-3-11-8(5-1-2-15-4-5)12-7(6)9(13)14/h3,5H,1-2,4H2,(H,13,14). The number of carboxylic acids is 1. The number of halogens is 1. The van der Waals surface area contributed by atoms with Gasteiger partial charge >= 0.3 is 5.97 Å². The third kappa shape index (κ3) is 2.15. The molecule has 15 heavy (non-hydrogen) atoms. The van der Waals surface area contributed by atoms with Crippen LogP contribution in [0.15, 0.2) is 10.7 Å². The van der Waals surface area contributed by atoms with E-state index in [0.29, 0.717) is 23.5 Å². The molecule has 1 aromatic rings. The minimum absolute atomic E-state index is 0.00639. The molecule has 1 unspecified atom stereocenters. The Morgan fingerprint density at radius 2 is 2.47 bits per heavy atom. The molecule has 1 aromatic heterocycles. The number of rotatable bonds is 2. The molecule has 1 N–H and O–H groups in total. The molecule has 1 fully saturated rings. The van der Waals surface area contributed by atoms with Gasteiger partial charge in [0, 0.05) is 18.7 Å². The van der Waals surface area contributed by atoms with Gasteiger partial charge in [0.2, 0.25) is 0 Å². The molecule has 0 spiro atoms. The second-order valence-corrected chi connectivity index (χ2v) is 4.14. The minimum atomic E-state index is -1.05. The van der Waals surface area contributed by atoms with E-state index in [-0.39, 0.29) is 11.6 Å². The fourth-order valence-corrected chi connectivity index (χ4v) is 1.83. The zero-order chi connectivity index (χ0) is 10.8. The first-order chi connectivity index (χ1) is 7.18. The summed E-state index contributed by atoms with van der Waals surface area (Å²) in [6.45, 7) is 1.26. The number of ether oxygens (including phenoxy) is 1. The SMILES string of the molecule is O=C(O)c1nc(C2CCOC2)ncc1Br. The zero-order valence-corrected chi connectivity index (χ0v) is 9.40. The molecule has 5 nitrogen and oxygen atoms in total. The molecule has 1 aliphatic heterocycles. The largest absolute Gasteiger partial charge is 0.476 e. The Morgan fingerprint density at radius 3 is 3.07 bits per heavy atom. The fourth-order valence-electron chi connectivity index (χ4n) is 1.47. The average molecular weight is 273 g/mol. The van der Waals surface area contributed by atoms with E-state index in [1.807, 2.05) is 0 Å². The Bertz CT molecular complexity index is 391. The highest BCUT2D eigenvalue weighted by Gasteiger charge is 2.22. The van der Waals surface area contributed by atoms with Gasteiger partial charge < -0.3 is 9.84 Å². The lowest BCUT2D eigenvalue weighted by Crippen LogP contribution is -2.10. The Balaban J connectivity index is 2.33. The quantitative estimate of drug-likeness (QED) is 0.882. The molecule has 2 rings (SSSR count). The Kier molecular flexibility index (Phi) is 2.97. The fraction of sp³-hybridized carbons (Fsp3) is 0.444. The topological polar surface area (TPSA) is 72.3 Å². The van der Waals surface area contributed by atoms with Crippen LogP contribution in [0.4, 0.5) is 0 Å². The summed E-state index contributed by atoms with van der Waals surface area (Å²) in [5, 5.41) is 8.88. The monoisotopic (exact) mass is 272 g/mol. The number of hydrogen-bond acceptors (Lipinski definition) is 4. The van der Waals surface area contributed by atoms with Crippen molar-refractivity contribution in [2.75, 3.05) is 13.2 Å². The maximum atomic E-state index is 10.8. The van der Waals surface area contributed by atoms with E-state index in [4.69, 9.17) is 9.84 Å². The summed E-state index contributed by atoms with van der Waals surface area (Å²) in [7, 11) is 0. The first-order valence-electron chi connectivity index (χ1n) is 4.52. The maximum absolute atomic E-state index is 10.8. The molecule has 1 aliphatic rings. The molecule has 0 saturated carbocycles. The molecule has 0 amide bonds. The van der Waals surface area contributed by atoms with Gasteiger partial charge in [-0.15, -0.1) is 0 Å². The highest BCUT2D eigenvalue weighted by Crippen LogP contribution is 2.23. The Morgan fingerprint density at radius 1 is 1.67 bits per heavy atom. The van der Waals surface area contributed by atoms with Crippen molar-refractivity contribution < 1.29 is 14.6 Å². The van der Waals surface area contributed by atoms with E-state index < -0.39 is 5.97 Å². The third-order valence-electron chi connectivity index (χ3n) is 2.26. The van der Waals surface area contributed by atoms with Crippen LogP contribution in [-0.2, 0) is 4.74 Å². The van der Waals surface area contributed by atoms with E-state index in [1.165, 1.54) is 6.20 Å². The summed E-state index contributed by atoms with van der Waals surface area (Å²) in [6, 6.07) is 0. The van der Waals surface area contributed by atoms with Gasteiger partial charge in [-0.1, -0.05) is 0 Å². The minimum Gasteiger partial charge on any atom is -0.476 e. The van der Waals surface area contributed by atoms with Crippen LogP contribution in [0.2, 0.25) is 0 Å². The van der Waals surface area contributed by atoms with E-state index in [1.54, 1.807) is 0 Å². The van der Waals surface area contributed by atoms with E-state index in [2.05, 4.69) is 25.9 Å². The molecule has 2 heterocycles. The third-order valence-corrected chi connectivity index (χ3v) is 2.84. The normalized spacial score (nSPS) is 20.5. The predicted molar refractivity (Wildman–Crippen MR) is 54.9 cm³/mol. The number of hydrogen-bond donors (Lipinski definition) is 1. The average Bonchev–Trinajstić information content (AvgIpc) is 2.71. The van der Waals surface area contributed by atoms with Crippen molar-refractivity contribution in [2.24, 2.45) is 0 Å². The van der Waals surface area contributed by atoms with Gasteiger partial charge in [-0.3, -0.25) is 0 Å². The van der Waals surface area contributed by atoms with Crippen LogP contribution in [0.3, 0.4) is 0 Å². The highest BCUT2D eigenvalue weighted by molar-refractivity contribution is 9.10. The second-order valence-electron chi connectivity index (χ2n) is 3.29. The van der Waals surface area contributed by atoms with Crippen LogP contribution in [0, 0.1) is 0 Å². The van der Waals surface area contributed by atoms with Crippen LogP contribution in [0.5, 0.6) is 0 Å². The smallest absolute Gasteiger partial charge is 0.355 e. The number of carbonyl (C=O) groups is 1. The van der Waals surface area contributed by atoms with Crippen molar-refractivity contribution in [3.63, 3.8) is 0 Å². The van der Waals surface area contributed by atoms with Crippen molar-refractivity contribution in [3.05, 3.63) is 22.2 Å². The van der Waals surface area contributed by atoms with E-state index in [0.717, 1.165) is 6.42 Å². The summed E-state index contributed by atoms with van der Waals surface area (Å²) in [6.07, 6.45) is 2.32. The van der Waals surface area contributed by atoms with Crippen LogP contribution in [0.25, 0.3) is 0 Å². The van der Waals surface area contributed by atoms with Crippen LogP contribution < -0.4 is 0 Å². The molecule has 0 aromatic carbocycles. The number of carboxylic acid groups (broad SMARTS) is 1. The van der Waals surface area contributed by atoms with Crippen LogP contribution in [-0.4, -0.2) is 34.3 Å². The summed E-state index contributed by atoms with van der Waals surface area (Å²) >= 11 is 3.10. The maximum Gasteiger partial charge on any atom is 0.355 e. The molecule has 6 heteroatoms. The van der Waals surface area contributed by atoms with Gasteiger partial charge in [0.25, 0.3) is 0 Å². The second kappa shape index (κ2) is 4.24. The Hall–Kier alpha value is -1.01. The van der Waals surface area contributed by atoms with Gasteiger partial charge in [0.15, 0.2) is 5.69 Å². The van der Waals surface area contributed by atoms with Crippen molar-refractivity contribution >= 4 is 21.9 Å². The summed E-state index contributed by atoms with van der Waals surface area (Å²) in [5.74, 6) is -0.381. The molecule has 0 aliphatic carbocycles. The first kappa shape index (κ1) is 10.5. The number of nitrogens with zero attached hydrogens (tertiary/aromatic N) is 2. The van der Waals surface area contributed by atoms with Gasteiger partial charge in [-0.2, -0.15) is 0 Å². The summed E-state index contributed by atoms with van der Waals surface area (Å²) in [4.78, 5) is 19.0. The van der Waals surface area contributed by atoms with Crippen molar-refractivity contribution in [2.45, 2.75) is 12.3 Å². The van der Waals surface area contributed by atoms with Gasteiger partial charge in [0.1, 0.15) is 5.82 Å². The number of aromatic carboxylic acids is 1. The molecule has 1 atom stereocenters. The predicted octanol–water partition coefficient (Wildman–Crippen LogP) is 1.44. The zero-order valence-electron chi connectivity index (χ0n) is 7.81. The van der Waals surface area contributed by atoms with Crippen LogP contribution in [0.1, 0.15) is 28.7 Å². The van der Waals surface area contributed by atoms with Crippen molar-refractivity contribution in [1.29, 1.82) is 0 Å². The number of aromatic nitrogens is 2. The summed E-state index contributed by atoms with van der Waals surface area (Å²) < 4.78 is 5.60. The van der Waals surface area contributed by atoms with Gasteiger partial charge in [-0.25, -0.2) is 14.8 Å². The van der Waals surface area contributed by atoms with Gasteiger partial charge in [0.05, 0.1) is 11.1 Å². The molecule has 0 radical (unpaired) electrons. The molecular weight excluding hydrogens is 264 g/mol. The lowest BCUT2D eigenvalue weighted by molar-refractivity contribution is 0.0688. The highest BCUT2D eigenvalue weighted by atomic mass is 79.9. The molecule has 0 bridgehead atoms.